The summed E-state index contributed by atoms with van der Waals surface area (Å²) in [6.07, 6.45) is 1.74. The van der Waals surface area contributed by atoms with E-state index in [9.17, 15) is 9.90 Å². The summed E-state index contributed by atoms with van der Waals surface area (Å²) in [4.78, 5) is 12.4. The number of nitrogens with one attached hydrogen (secondary N) is 1. The first kappa shape index (κ1) is 14.5. The van der Waals surface area contributed by atoms with Crippen molar-refractivity contribution in [3.05, 3.63) is 71.3 Å². The van der Waals surface area contributed by atoms with Crippen molar-refractivity contribution in [1.82, 2.24) is 5.32 Å². The quantitative estimate of drug-likeness (QED) is 0.912. The average Bonchev–Trinajstić information content (AvgIpc) is 3.26. The van der Waals surface area contributed by atoms with Crippen LogP contribution in [0.3, 0.4) is 0 Å². The molecule has 0 aliphatic heterocycles. The zero-order valence-electron chi connectivity index (χ0n) is 13.0. The molecule has 3 nitrogen and oxygen atoms in total. The van der Waals surface area contributed by atoms with Gasteiger partial charge in [-0.3, -0.25) is 4.79 Å². The third-order valence-corrected chi connectivity index (χ3v) is 5.12. The molecule has 23 heavy (non-hydrogen) atoms. The van der Waals surface area contributed by atoms with Crippen LogP contribution in [0.2, 0.25) is 0 Å². The van der Waals surface area contributed by atoms with Crippen molar-refractivity contribution in [3.63, 3.8) is 0 Å². The minimum atomic E-state index is -0.513. The SMILES string of the molecule is O=C(C[C@@H]1C[C@H]1c1ccccc1)N[C@@H]1c2ccccc2C[C@@H]1O. The molecule has 0 bridgehead atoms. The minimum Gasteiger partial charge on any atom is -0.390 e. The predicted molar refractivity (Wildman–Crippen MR) is 88.9 cm³/mol. The predicted octanol–water partition coefficient (Wildman–Crippen LogP) is 2.95. The molecule has 4 rings (SSSR count). The van der Waals surface area contributed by atoms with Gasteiger partial charge in [0.1, 0.15) is 0 Å². The first-order chi connectivity index (χ1) is 11.2. The van der Waals surface area contributed by atoms with Crippen LogP contribution in [0.1, 0.15) is 41.5 Å². The molecule has 0 radical (unpaired) electrons. The van der Waals surface area contributed by atoms with Gasteiger partial charge >= 0.3 is 0 Å². The van der Waals surface area contributed by atoms with E-state index in [0.717, 1.165) is 17.5 Å². The number of benzene rings is 2. The summed E-state index contributed by atoms with van der Waals surface area (Å²) in [6.45, 7) is 0. The largest absolute Gasteiger partial charge is 0.390 e. The van der Waals surface area contributed by atoms with Gasteiger partial charge < -0.3 is 10.4 Å². The van der Waals surface area contributed by atoms with E-state index in [-0.39, 0.29) is 11.9 Å². The lowest BCUT2D eigenvalue weighted by atomic mass is 10.1. The lowest BCUT2D eigenvalue weighted by Gasteiger charge is -2.18. The lowest BCUT2D eigenvalue weighted by Crippen LogP contribution is -2.34. The Morgan fingerprint density at radius 2 is 1.83 bits per heavy atom. The van der Waals surface area contributed by atoms with Crippen molar-refractivity contribution in [2.75, 3.05) is 0 Å². The molecule has 4 atom stereocenters. The van der Waals surface area contributed by atoms with Crippen LogP contribution in [0.5, 0.6) is 0 Å². The molecule has 1 amide bonds. The van der Waals surface area contributed by atoms with Crippen molar-refractivity contribution in [2.24, 2.45) is 5.92 Å². The van der Waals surface area contributed by atoms with Gasteiger partial charge in [0, 0.05) is 12.8 Å². The number of carbonyl (C=O) groups excluding carboxylic acids is 1. The highest BCUT2D eigenvalue weighted by Crippen LogP contribution is 2.49. The van der Waals surface area contributed by atoms with Crippen LogP contribution < -0.4 is 5.32 Å². The molecular weight excluding hydrogens is 286 g/mol. The first-order valence-electron chi connectivity index (χ1n) is 8.32. The maximum atomic E-state index is 12.4. The Hall–Kier alpha value is -2.13. The third-order valence-electron chi connectivity index (χ3n) is 5.12. The summed E-state index contributed by atoms with van der Waals surface area (Å²) in [5.41, 5.74) is 3.53. The van der Waals surface area contributed by atoms with Crippen molar-refractivity contribution >= 4 is 5.91 Å². The molecule has 0 spiro atoms. The summed E-state index contributed by atoms with van der Waals surface area (Å²) in [6, 6.07) is 18.1. The lowest BCUT2D eigenvalue weighted by molar-refractivity contribution is -0.123. The molecule has 2 aromatic carbocycles. The van der Waals surface area contributed by atoms with Crippen molar-refractivity contribution in [2.45, 2.75) is 37.3 Å². The zero-order valence-corrected chi connectivity index (χ0v) is 13.0. The summed E-state index contributed by atoms with van der Waals surface area (Å²) in [5, 5.41) is 13.3. The number of rotatable bonds is 4. The van der Waals surface area contributed by atoms with E-state index in [0.29, 0.717) is 24.7 Å². The number of aliphatic hydroxyl groups excluding tert-OH is 1. The van der Waals surface area contributed by atoms with Gasteiger partial charge in [-0.25, -0.2) is 0 Å². The minimum absolute atomic E-state index is 0.0502. The number of amides is 1. The summed E-state index contributed by atoms with van der Waals surface area (Å²) < 4.78 is 0. The van der Waals surface area contributed by atoms with E-state index in [1.807, 2.05) is 30.3 Å². The van der Waals surface area contributed by atoms with Crippen molar-refractivity contribution in [3.8, 4) is 0 Å². The Morgan fingerprint density at radius 3 is 2.65 bits per heavy atom. The molecule has 0 aromatic heterocycles. The van der Waals surface area contributed by atoms with Gasteiger partial charge in [-0.15, -0.1) is 0 Å². The van der Waals surface area contributed by atoms with Gasteiger partial charge in [0.25, 0.3) is 0 Å². The molecule has 1 saturated carbocycles. The number of hydrogen-bond donors (Lipinski definition) is 2. The number of aliphatic hydroxyl groups is 1. The topological polar surface area (TPSA) is 49.3 Å². The molecule has 0 saturated heterocycles. The average molecular weight is 307 g/mol. The van der Waals surface area contributed by atoms with Crippen LogP contribution in [0.15, 0.2) is 54.6 Å². The maximum absolute atomic E-state index is 12.4. The maximum Gasteiger partial charge on any atom is 0.220 e. The second-order valence-electron chi connectivity index (χ2n) is 6.73. The molecule has 2 aromatic rings. The van der Waals surface area contributed by atoms with Gasteiger partial charge in [0.2, 0.25) is 5.91 Å². The fraction of sp³-hybridized carbons (Fsp3) is 0.350. The Kier molecular flexibility index (Phi) is 3.66. The van der Waals surface area contributed by atoms with Crippen LogP contribution in [-0.4, -0.2) is 17.1 Å². The van der Waals surface area contributed by atoms with E-state index in [4.69, 9.17) is 0 Å². The summed E-state index contributed by atoms with van der Waals surface area (Å²) in [5.74, 6) is 1.00. The van der Waals surface area contributed by atoms with Gasteiger partial charge in [-0.1, -0.05) is 54.6 Å². The first-order valence-corrected chi connectivity index (χ1v) is 8.32. The van der Waals surface area contributed by atoms with Crippen LogP contribution in [0.4, 0.5) is 0 Å². The van der Waals surface area contributed by atoms with Crippen LogP contribution in [-0.2, 0) is 11.2 Å². The third kappa shape index (κ3) is 2.89. The van der Waals surface area contributed by atoms with E-state index >= 15 is 0 Å². The molecule has 2 aliphatic rings. The molecule has 0 unspecified atom stereocenters. The van der Waals surface area contributed by atoms with Crippen LogP contribution in [0, 0.1) is 5.92 Å². The van der Waals surface area contributed by atoms with Gasteiger partial charge in [0.15, 0.2) is 0 Å². The van der Waals surface area contributed by atoms with E-state index in [2.05, 4.69) is 29.6 Å². The fourth-order valence-corrected chi connectivity index (χ4v) is 3.80. The highest BCUT2D eigenvalue weighted by molar-refractivity contribution is 5.77. The van der Waals surface area contributed by atoms with E-state index in [1.165, 1.54) is 5.56 Å². The fourth-order valence-electron chi connectivity index (χ4n) is 3.80. The van der Waals surface area contributed by atoms with E-state index < -0.39 is 6.10 Å². The highest BCUT2D eigenvalue weighted by Gasteiger charge is 2.40. The van der Waals surface area contributed by atoms with Gasteiger partial charge in [0.05, 0.1) is 12.1 Å². The highest BCUT2D eigenvalue weighted by atomic mass is 16.3. The van der Waals surface area contributed by atoms with Gasteiger partial charge in [-0.2, -0.15) is 0 Å². The molecule has 3 heteroatoms. The van der Waals surface area contributed by atoms with Crippen LogP contribution >= 0.6 is 0 Å². The molecule has 2 N–H and O–H groups in total. The van der Waals surface area contributed by atoms with Crippen molar-refractivity contribution in [1.29, 1.82) is 0 Å². The Morgan fingerprint density at radius 1 is 1.09 bits per heavy atom. The molecule has 1 fully saturated rings. The van der Waals surface area contributed by atoms with Crippen molar-refractivity contribution < 1.29 is 9.90 Å². The molecule has 0 heterocycles. The van der Waals surface area contributed by atoms with E-state index in [1.54, 1.807) is 0 Å². The zero-order chi connectivity index (χ0) is 15.8. The Bertz CT molecular complexity index is 713. The monoisotopic (exact) mass is 307 g/mol. The second kappa shape index (κ2) is 5.82. The molecule has 118 valence electrons. The second-order valence-corrected chi connectivity index (χ2v) is 6.73. The number of carbonyl (C=O) groups is 1. The number of hydrogen-bond acceptors (Lipinski definition) is 2. The smallest absolute Gasteiger partial charge is 0.220 e. The summed E-state index contributed by atoms with van der Waals surface area (Å²) >= 11 is 0. The normalized spacial score (nSPS) is 28.2. The molecule has 2 aliphatic carbocycles. The van der Waals surface area contributed by atoms with Gasteiger partial charge in [-0.05, 0) is 34.9 Å². The Balaban J connectivity index is 1.37. The molecular formula is C20H21NO2. The standard InChI is InChI=1S/C20H21NO2/c22-18-11-14-8-4-5-9-16(14)20(18)21-19(23)12-15-10-17(15)13-6-2-1-3-7-13/h1-9,15,17-18,20,22H,10-12H2,(H,21,23)/t15-,17-,18-,20+/m0/s1. The summed E-state index contributed by atoms with van der Waals surface area (Å²) in [7, 11) is 0. The Labute approximate surface area is 136 Å². The van der Waals surface area contributed by atoms with Crippen LogP contribution in [0.25, 0.3) is 0 Å². The number of fused-ring (bicyclic) bond motifs is 1.